The van der Waals surface area contributed by atoms with E-state index in [9.17, 15) is 4.79 Å². The predicted molar refractivity (Wildman–Crippen MR) is 85.6 cm³/mol. The zero-order valence-corrected chi connectivity index (χ0v) is 13.4. The average Bonchev–Trinajstić information content (AvgIpc) is 2.46. The van der Waals surface area contributed by atoms with E-state index in [-0.39, 0.29) is 12.1 Å². The Morgan fingerprint density at radius 2 is 1.91 bits per heavy atom. The van der Waals surface area contributed by atoms with Crippen molar-refractivity contribution < 1.29 is 19.4 Å². The number of benzene rings is 1. The van der Waals surface area contributed by atoms with Gasteiger partial charge < -0.3 is 19.9 Å². The Hall–Kier alpha value is -2.60. The summed E-state index contributed by atoms with van der Waals surface area (Å²) in [5.41, 5.74) is 0.194. The number of ether oxygens (including phenoxy) is 2. The number of carbonyl (C=O) groups is 1. The maximum Gasteiger partial charge on any atom is 0.413 e. The van der Waals surface area contributed by atoms with E-state index < -0.39 is 6.09 Å². The molecule has 6 nitrogen and oxygen atoms in total. The number of pyridine rings is 1. The lowest BCUT2D eigenvalue weighted by Gasteiger charge is -2.19. The van der Waals surface area contributed by atoms with Gasteiger partial charge in [0.2, 0.25) is 0 Å². The van der Waals surface area contributed by atoms with E-state index in [2.05, 4.69) is 10.3 Å². The molecule has 23 heavy (non-hydrogen) atoms. The molecule has 1 heterocycles. The van der Waals surface area contributed by atoms with E-state index in [1.54, 1.807) is 36.4 Å². The fraction of sp³-hybridized carbons (Fsp3) is 0.294. The van der Waals surface area contributed by atoms with Crippen LogP contribution in [0.25, 0.3) is 0 Å². The lowest BCUT2D eigenvalue weighted by Crippen LogP contribution is -2.42. The van der Waals surface area contributed by atoms with Crippen LogP contribution in [0, 0.1) is 0 Å². The summed E-state index contributed by atoms with van der Waals surface area (Å²) < 4.78 is 10.9. The van der Waals surface area contributed by atoms with E-state index in [4.69, 9.17) is 14.6 Å². The number of hydrogen-bond donors (Lipinski definition) is 2. The van der Waals surface area contributed by atoms with Crippen molar-refractivity contribution in [2.24, 2.45) is 0 Å². The Bertz CT molecular complexity index is 663. The zero-order valence-electron chi connectivity index (χ0n) is 13.4. The van der Waals surface area contributed by atoms with Gasteiger partial charge in [-0.25, -0.2) is 4.79 Å². The van der Waals surface area contributed by atoms with Crippen molar-refractivity contribution in [3.63, 3.8) is 0 Å². The molecular weight excluding hydrogens is 296 g/mol. The predicted octanol–water partition coefficient (Wildman–Crippen LogP) is 3.25. The highest BCUT2D eigenvalue weighted by molar-refractivity contribution is 5.71. The van der Waals surface area contributed by atoms with Crippen LogP contribution in [0.15, 0.2) is 42.6 Å². The standard InChI is InChI=1S/C17H20N2O4/c1-17(2,3)19-16(21)23-14-6-4-5-13(9-14)22-15-8-7-12(11-20)18-10-15/h4-10,20H,11H2,1-3H3,(H,19,21). The van der Waals surface area contributed by atoms with Crippen LogP contribution < -0.4 is 14.8 Å². The normalized spacial score (nSPS) is 11.0. The molecule has 0 aliphatic carbocycles. The second-order valence-electron chi connectivity index (χ2n) is 5.98. The topological polar surface area (TPSA) is 80.7 Å². The molecule has 122 valence electrons. The van der Waals surface area contributed by atoms with Gasteiger partial charge in [-0.05, 0) is 45.0 Å². The Morgan fingerprint density at radius 1 is 1.17 bits per heavy atom. The molecule has 0 unspecified atom stereocenters. The van der Waals surface area contributed by atoms with Gasteiger partial charge in [-0.3, -0.25) is 4.98 Å². The van der Waals surface area contributed by atoms with Crippen LogP contribution in [0.2, 0.25) is 0 Å². The molecule has 0 aliphatic rings. The Labute approximate surface area is 135 Å². The summed E-state index contributed by atoms with van der Waals surface area (Å²) in [6, 6.07) is 10.1. The highest BCUT2D eigenvalue weighted by Gasteiger charge is 2.15. The Kier molecular flexibility index (Phi) is 5.18. The summed E-state index contributed by atoms with van der Waals surface area (Å²) in [6.07, 6.45) is 0.995. The largest absolute Gasteiger partial charge is 0.456 e. The van der Waals surface area contributed by atoms with Gasteiger partial charge in [0.25, 0.3) is 0 Å². The number of aliphatic hydroxyl groups excluding tert-OH is 1. The Balaban J connectivity index is 2.02. The second kappa shape index (κ2) is 7.11. The molecule has 2 rings (SSSR count). The first-order valence-corrected chi connectivity index (χ1v) is 7.19. The molecule has 1 amide bonds. The van der Waals surface area contributed by atoms with Crippen molar-refractivity contribution in [1.82, 2.24) is 10.3 Å². The minimum absolute atomic E-state index is 0.119. The summed E-state index contributed by atoms with van der Waals surface area (Å²) in [7, 11) is 0. The van der Waals surface area contributed by atoms with Crippen molar-refractivity contribution in [3.05, 3.63) is 48.3 Å². The van der Waals surface area contributed by atoms with Crippen LogP contribution in [-0.4, -0.2) is 21.7 Å². The first-order valence-electron chi connectivity index (χ1n) is 7.19. The van der Waals surface area contributed by atoms with Crippen LogP contribution in [0.5, 0.6) is 17.2 Å². The molecule has 0 saturated carbocycles. The summed E-state index contributed by atoms with van der Waals surface area (Å²) >= 11 is 0. The van der Waals surface area contributed by atoms with Gasteiger partial charge in [-0.15, -0.1) is 0 Å². The van der Waals surface area contributed by atoms with Gasteiger partial charge in [0, 0.05) is 11.6 Å². The highest BCUT2D eigenvalue weighted by Crippen LogP contribution is 2.25. The van der Waals surface area contributed by atoms with Gasteiger partial charge >= 0.3 is 6.09 Å². The van der Waals surface area contributed by atoms with Gasteiger partial charge in [0.1, 0.15) is 17.2 Å². The SMILES string of the molecule is CC(C)(C)NC(=O)Oc1cccc(Oc2ccc(CO)nc2)c1. The Morgan fingerprint density at radius 3 is 2.52 bits per heavy atom. The number of hydrogen-bond acceptors (Lipinski definition) is 5. The minimum atomic E-state index is -0.524. The molecule has 6 heteroatoms. The number of nitrogens with one attached hydrogen (secondary N) is 1. The summed E-state index contributed by atoms with van der Waals surface area (Å²) in [4.78, 5) is 15.8. The van der Waals surface area contributed by atoms with Gasteiger partial charge in [-0.2, -0.15) is 0 Å². The lowest BCUT2D eigenvalue weighted by molar-refractivity contribution is 0.190. The van der Waals surface area contributed by atoms with Crippen LogP contribution in [0.1, 0.15) is 26.5 Å². The summed E-state index contributed by atoms with van der Waals surface area (Å²) in [6.45, 7) is 5.50. The first-order chi connectivity index (χ1) is 10.9. The molecule has 0 saturated heterocycles. The molecule has 0 bridgehead atoms. The highest BCUT2D eigenvalue weighted by atomic mass is 16.6. The molecule has 2 N–H and O–H groups in total. The fourth-order valence-electron chi connectivity index (χ4n) is 1.74. The van der Waals surface area contributed by atoms with Crippen LogP contribution in [0.3, 0.4) is 0 Å². The van der Waals surface area contributed by atoms with Crippen molar-refractivity contribution >= 4 is 6.09 Å². The number of aliphatic hydroxyl groups is 1. The van der Waals surface area contributed by atoms with Crippen molar-refractivity contribution in [2.45, 2.75) is 32.9 Å². The number of amides is 1. The minimum Gasteiger partial charge on any atom is -0.456 e. The lowest BCUT2D eigenvalue weighted by atomic mass is 10.1. The molecule has 0 aliphatic heterocycles. The van der Waals surface area contributed by atoms with E-state index in [1.807, 2.05) is 20.8 Å². The third-order valence-electron chi connectivity index (χ3n) is 2.69. The summed E-state index contributed by atoms with van der Waals surface area (Å²) in [5, 5.41) is 11.7. The zero-order chi connectivity index (χ0) is 16.9. The van der Waals surface area contributed by atoms with Crippen molar-refractivity contribution in [1.29, 1.82) is 0 Å². The number of aromatic nitrogens is 1. The monoisotopic (exact) mass is 316 g/mol. The maximum absolute atomic E-state index is 11.8. The van der Waals surface area contributed by atoms with Crippen LogP contribution >= 0.6 is 0 Å². The third-order valence-corrected chi connectivity index (χ3v) is 2.69. The number of nitrogens with zero attached hydrogens (tertiary/aromatic N) is 1. The number of rotatable bonds is 4. The van der Waals surface area contributed by atoms with Crippen LogP contribution in [0.4, 0.5) is 4.79 Å². The van der Waals surface area contributed by atoms with Crippen molar-refractivity contribution in [2.75, 3.05) is 0 Å². The average molecular weight is 316 g/mol. The van der Waals surface area contributed by atoms with E-state index in [0.29, 0.717) is 22.9 Å². The molecule has 0 spiro atoms. The molecule has 0 radical (unpaired) electrons. The smallest absolute Gasteiger partial charge is 0.413 e. The molecular formula is C17H20N2O4. The second-order valence-corrected chi connectivity index (χ2v) is 5.98. The fourth-order valence-corrected chi connectivity index (χ4v) is 1.74. The molecule has 0 fully saturated rings. The van der Waals surface area contributed by atoms with Crippen molar-refractivity contribution in [3.8, 4) is 17.2 Å². The van der Waals surface area contributed by atoms with E-state index in [0.717, 1.165) is 0 Å². The van der Waals surface area contributed by atoms with Crippen LogP contribution in [-0.2, 0) is 6.61 Å². The first kappa shape index (κ1) is 16.8. The quantitative estimate of drug-likeness (QED) is 0.905. The maximum atomic E-state index is 11.8. The van der Waals surface area contributed by atoms with Gasteiger partial charge in [0.15, 0.2) is 0 Å². The molecule has 2 aromatic rings. The molecule has 0 atom stereocenters. The third kappa shape index (κ3) is 5.60. The summed E-state index contributed by atoms with van der Waals surface area (Å²) in [5.74, 6) is 1.42. The molecule has 1 aromatic heterocycles. The van der Waals surface area contributed by atoms with Gasteiger partial charge in [-0.1, -0.05) is 6.07 Å². The van der Waals surface area contributed by atoms with E-state index in [1.165, 1.54) is 6.20 Å². The molecule has 1 aromatic carbocycles. The number of carbonyl (C=O) groups excluding carboxylic acids is 1. The van der Waals surface area contributed by atoms with E-state index >= 15 is 0 Å². The van der Waals surface area contributed by atoms with Gasteiger partial charge in [0.05, 0.1) is 18.5 Å².